The van der Waals surface area contributed by atoms with Crippen LogP contribution in [-0.4, -0.2) is 55.1 Å². The van der Waals surface area contributed by atoms with E-state index in [2.05, 4.69) is 57.2 Å². The van der Waals surface area contributed by atoms with E-state index in [0.717, 1.165) is 51.4 Å². The molecule has 1 amide bonds. The molecule has 1 N–H and O–H groups in total. The van der Waals surface area contributed by atoms with Gasteiger partial charge in [0.15, 0.2) is 0 Å². The second-order valence-electron chi connectivity index (χ2n) is 8.22. The fourth-order valence-electron chi connectivity index (χ4n) is 4.92. The van der Waals surface area contributed by atoms with Crippen molar-refractivity contribution in [1.82, 2.24) is 9.88 Å². The number of hydrogen-bond acceptors (Lipinski definition) is 3. The van der Waals surface area contributed by atoms with E-state index in [1.165, 1.54) is 22.2 Å². The molecule has 150 valence electrons. The molecule has 5 rings (SSSR count). The molecule has 29 heavy (non-hydrogen) atoms. The molecule has 3 aromatic rings. The molecule has 2 aliphatic rings. The highest BCUT2D eigenvalue weighted by Crippen LogP contribution is 2.38. The predicted octanol–water partition coefficient (Wildman–Crippen LogP) is 3.83. The van der Waals surface area contributed by atoms with Crippen molar-refractivity contribution in [2.75, 3.05) is 49.1 Å². The van der Waals surface area contributed by atoms with E-state index < -0.39 is 0 Å². The number of hydrogen-bond donors (Lipinski definition) is 1. The van der Waals surface area contributed by atoms with Gasteiger partial charge in [-0.2, -0.15) is 0 Å². The van der Waals surface area contributed by atoms with Gasteiger partial charge in [0.2, 0.25) is 5.91 Å². The topological polar surface area (TPSA) is 42.6 Å². The number of carbonyl (C=O) groups excluding carboxylic acids is 1. The molecule has 0 radical (unpaired) electrons. The zero-order valence-corrected chi connectivity index (χ0v) is 17.0. The Hall–Kier alpha value is -2.79. The zero-order chi connectivity index (χ0) is 19.8. The Kier molecular flexibility index (Phi) is 4.76. The van der Waals surface area contributed by atoms with Crippen LogP contribution in [0.5, 0.6) is 0 Å². The summed E-state index contributed by atoms with van der Waals surface area (Å²) in [5, 5.41) is 1.28. The summed E-state index contributed by atoms with van der Waals surface area (Å²) in [6, 6.07) is 17.1. The van der Waals surface area contributed by atoms with E-state index in [1.807, 2.05) is 17.2 Å². The molecule has 1 atom stereocenters. The van der Waals surface area contributed by atoms with Crippen molar-refractivity contribution in [2.24, 2.45) is 0 Å². The van der Waals surface area contributed by atoms with Crippen molar-refractivity contribution in [1.29, 1.82) is 0 Å². The van der Waals surface area contributed by atoms with Crippen LogP contribution in [0.3, 0.4) is 0 Å². The molecule has 2 aromatic carbocycles. The predicted molar refractivity (Wildman–Crippen MR) is 119 cm³/mol. The Bertz CT molecular complexity index is 1020. The highest BCUT2D eigenvalue weighted by molar-refractivity contribution is 5.94. The maximum atomic E-state index is 12.0. The van der Waals surface area contributed by atoms with Crippen LogP contribution >= 0.6 is 0 Å². The molecule has 3 heterocycles. The second-order valence-corrected chi connectivity index (χ2v) is 8.22. The number of fused-ring (bicyclic) bond motifs is 2. The summed E-state index contributed by atoms with van der Waals surface area (Å²) in [7, 11) is 0. The third kappa shape index (κ3) is 3.40. The number of benzene rings is 2. The van der Waals surface area contributed by atoms with Gasteiger partial charge < -0.3 is 14.8 Å². The lowest BCUT2D eigenvalue weighted by Gasteiger charge is -2.36. The first kappa shape index (κ1) is 18.3. The van der Waals surface area contributed by atoms with Crippen LogP contribution in [-0.2, 0) is 4.79 Å². The van der Waals surface area contributed by atoms with E-state index in [0.29, 0.717) is 5.92 Å². The summed E-state index contributed by atoms with van der Waals surface area (Å²) < 4.78 is 0. The van der Waals surface area contributed by atoms with Gasteiger partial charge in [-0.1, -0.05) is 30.3 Å². The van der Waals surface area contributed by atoms with E-state index >= 15 is 0 Å². The van der Waals surface area contributed by atoms with Crippen LogP contribution in [0.1, 0.15) is 24.8 Å². The maximum absolute atomic E-state index is 12.0. The van der Waals surface area contributed by atoms with Gasteiger partial charge in [0.1, 0.15) is 0 Å². The van der Waals surface area contributed by atoms with Gasteiger partial charge in [-0.05, 0) is 36.7 Å². The van der Waals surface area contributed by atoms with Crippen LogP contribution in [0.4, 0.5) is 11.4 Å². The van der Waals surface area contributed by atoms with E-state index in [9.17, 15) is 4.79 Å². The Balaban J connectivity index is 1.20. The Morgan fingerprint density at radius 1 is 1.00 bits per heavy atom. The number of amides is 1. The first-order valence-electron chi connectivity index (χ1n) is 10.6. The Morgan fingerprint density at radius 2 is 1.79 bits per heavy atom. The van der Waals surface area contributed by atoms with Gasteiger partial charge in [-0.3, -0.25) is 9.69 Å². The molecule has 5 heteroatoms. The number of aromatic nitrogens is 1. The Morgan fingerprint density at radius 3 is 2.62 bits per heavy atom. The molecule has 1 fully saturated rings. The van der Waals surface area contributed by atoms with Crippen LogP contribution in [0, 0.1) is 0 Å². The smallest absolute Gasteiger partial charge is 0.223 e. The SMILES string of the molecule is CC(=O)N1CC(CCN2CCN(c3cccc4cc[nH]c34)CC2)c2ccccc21. The molecule has 0 spiro atoms. The normalized spacial score (nSPS) is 19.7. The third-order valence-corrected chi connectivity index (χ3v) is 6.52. The third-order valence-electron chi connectivity index (χ3n) is 6.52. The number of H-pyrrole nitrogens is 1. The van der Waals surface area contributed by atoms with E-state index in [4.69, 9.17) is 0 Å². The first-order chi connectivity index (χ1) is 14.2. The van der Waals surface area contributed by atoms with E-state index in [-0.39, 0.29) is 5.91 Å². The largest absolute Gasteiger partial charge is 0.367 e. The number of anilines is 2. The quantitative estimate of drug-likeness (QED) is 0.739. The monoisotopic (exact) mass is 388 g/mol. The van der Waals surface area contributed by atoms with Crippen LogP contribution in [0.25, 0.3) is 10.9 Å². The number of aromatic amines is 1. The lowest BCUT2D eigenvalue weighted by molar-refractivity contribution is -0.116. The van der Waals surface area contributed by atoms with E-state index in [1.54, 1.807) is 6.92 Å². The van der Waals surface area contributed by atoms with Gasteiger partial charge in [0.05, 0.1) is 11.2 Å². The van der Waals surface area contributed by atoms with Crippen molar-refractivity contribution in [3.63, 3.8) is 0 Å². The summed E-state index contributed by atoms with van der Waals surface area (Å²) in [6.07, 6.45) is 3.13. The van der Waals surface area contributed by atoms with Gasteiger partial charge in [0.25, 0.3) is 0 Å². The highest BCUT2D eigenvalue weighted by atomic mass is 16.2. The molecule has 2 aliphatic heterocycles. The number of para-hydroxylation sites is 2. The molecule has 1 aromatic heterocycles. The van der Waals surface area contributed by atoms with Crippen molar-refractivity contribution in [3.05, 3.63) is 60.3 Å². The molecule has 0 saturated carbocycles. The molecular weight excluding hydrogens is 360 g/mol. The fourth-order valence-corrected chi connectivity index (χ4v) is 4.92. The summed E-state index contributed by atoms with van der Waals surface area (Å²) in [5.41, 5.74) is 5.00. The molecule has 0 aliphatic carbocycles. The lowest BCUT2D eigenvalue weighted by atomic mass is 9.97. The summed E-state index contributed by atoms with van der Waals surface area (Å²) in [5.74, 6) is 0.591. The molecule has 1 saturated heterocycles. The number of piperazine rings is 1. The standard InChI is InChI=1S/C24H28N4O/c1-18(29)28-17-20(21-6-2-3-7-22(21)28)10-12-26-13-15-27(16-14-26)23-8-4-5-19-9-11-25-24(19)23/h2-9,11,20,25H,10,12-17H2,1H3. The minimum absolute atomic E-state index is 0.145. The average Bonchev–Trinajstić information content (AvgIpc) is 3.37. The van der Waals surface area contributed by atoms with Crippen LogP contribution < -0.4 is 9.80 Å². The fraction of sp³-hybridized carbons (Fsp3) is 0.375. The lowest BCUT2D eigenvalue weighted by Crippen LogP contribution is -2.47. The summed E-state index contributed by atoms with van der Waals surface area (Å²) in [6.45, 7) is 7.86. The molecule has 0 bridgehead atoms. The second kappa shape index (κ2) is 7.56. The van der Waals surface area contributed by atoms with Gasteiger partial charge in [0, 0.05) is 62.8 Å². The van der Waals surface area contributed by atoms with Crippen molar-refractivity contribution < 1.29 is 4.79 Å². The maximum Gasteiger partial charge on any atom is 0.223 e. The number of nitrogens with one attached hydrogen (secondary N) is 1. The van der Waals surface area contributed by atoms with Crippen molar-refractivity contribution in [2.45, 2.75) is 19.3 Å². The molecule has 5 nitrogen and oxygen atoms in total. The molecular formula is C24H28N4O. The summed E-state index contributed by atoms with van der Waals surface area (Å²) in [4.78, 5) is 22.4. The average molecular weight is 389 g/mol. The first-order valence-corrected chi connectivity index (χ1v) is 10.6. The summed E-state index contributed by atoms with van der Waals surface area (Å²) >= 11 is 0. The van der Waals surface area contributed by atoms with Crippen molar-refractivity contribution >= 4 is 28.2 Å². The number of nitrogens with zero attached hydrogens (tertiary/aromatic N) is 3. The number of rotatable bonds is 4. The zero-order valence-electron chi connectivity index (χ0n) is 17.0. The minimum Gasteiger partial charge on any atom is -0.367 e. The van der Waals surface area contributed by atoms with Crippen molar-refractivity contribution in [3.8, 4) is 0 Å². The van der Waals surface area contributed by atoms with Gasteiger partial charge in [-0.15, -0.1) is 0 Å². The highest BCUT2D eigenvalue weighted by Gasteiger charge is 2.30. The number of carbonyl (C=O) groups is 1. The minimum atomic E-state index is 0.145. The van der Waals surface area contributed by atoms with Gasteiger partial charge >= 0.3 is 0 Å². The van der Waals surface area contributed by atoms with Gasteiger partial charge in [-0.25, -0.2) is 0 Å². The molecule has 1 unspecified atom stereocenters. The van der Waals surface area contributed by atoms with Crippen LogP contribution in [0.15, 0.2) is 54.7 Å². The Labute approximate surface area is 171 Å². The van der Waals surface area contributed by atoms with Crippen LogP contribution in [0.2, 0.25) is 0 Å².